The number of aryl methyl sites for hydroxylation is 1. The third-order valence-electron chi connectivity index (χ3n) is 5.95. The van der Waals surface area contributed by atoms with Crippen LogP contribution in [-0.2, 0) is 13.1 Å². The van der Waals surface area contributed by atoms with Gasteiger partial charge in [0.05, 0.1) is 17.1 Å². The number of hydrogen-bond donors (Lipinski definition) is 0. The number of thiophene rings is 1. The molecule has 1 amide bonds. The van der Waals surface area contributed by atoms with E-state index in [-0.39, 0.29) is 5.91 Å². The fraction of sp³-hybridized carbons (Fsp3) is 0.154. The standard InChI is InChI=1S/C26H18ClN5OS/c1-16-29-30-23-14-28-24(20-10-4-5-11-22(20)27)21-13-18(34-26(21)32(16)23)8-6-12-31-15-17-7-2-3-9-19(17)25(31)33/h2-5,7,9-11,13H,12,14-15H2,1H3. The van der Waals surface area contributed by atoms with Crippen LogP contribution in [0.15, 0.2) is 59.6 Å². The van der Waals surface area contributed by atoms with Gasteiger partial charge in [0.15, 0.2) is 5.82 Å². The Morgan fingerprint density at radius 2 is 1.85 bits per heavy atom. The number of halogens is 1. The molecule has 0 atom stereocenters. The summed E-state index contributed by atoms with van der Waals surface area (Å²) in [7, 11) is 0. The maximum absolute atomic E-state index is 12.6. The quantitative estimate of drug-likeness (QED) is 0.390. The summed E-state index contributed by atoms with van der Waals surface area (Å²) in [5.74, 6) is 8.06. The topological polar surface area (TPSA) is 63.4 Å². The maximum atomic E-state index is 12.6. The van der Waals surface area contributed by atoms with Gasteiger partial charge in [-0.25, -0.2) is 0 Å². The molecule has 2 aromatic carbocycles. The van der Waals surface area contributed by atoms with Crippen LogP contribution < -0.4 is 0 Å². The number of amides is 1. The highest BCUT2D eigenvalue weighted by atomic mass is 35.5. The normalized spacial score (nSPS) is 14.0. The molecule has 0 fully saturated rings. The van der Waals surface area contributed by atoms with E-state index in [1.54, 1.807) is 16.2 Å². The fourth-order valence-electron chi connectivity index (χ4n) is 4.33. The van der Waals surface area contributed by atoms with Gasteiger partial charge in [-0.15, -0.1) is 21.5 Å². The van der Waals surface area contributed by atoms with Gasteiger partial charge >= 0.3 is 0 Å². The van der Waals surface area contributed by atoms with Crippen molar-refractivity contribution in [2.45, 2.75) is 20.0 Å². The molecule has 6 nitrogen and oxygen atoms in total. The Bertz CT molecular complexity index is 1550. The molecule has 8 heteroatoms. The Morgan fingerprint density at radius 3 is 2.68 bits per heavy atom. The van der Waals surface area contributed by atoms with Gasteiger partial charge in [-0.3, -0.25) is 14.4 Å². The summed E-state index contributed by atoms with van der Waals surface area (Å²) in [4.78, 5) is 20.1. The average molecular weight is 484 g/mol. The molecule has 0 N–H and O–H groups in total. The lowest BCUT2D eigenvalue weighted by atomic mass is 10.0. The molecule has 2 aliphatic rings. The number of rotatable bonds is 2. The van der Waals surface area contributed by atoms with Crippen molar-refractivity contribution >= 4 is 34.6 Å². The zero-order valence-corrected chi connectivity index (χ0v) is 19.8. The second-order valence-electron chi connectivity index (χ2n) is 8.09. The molecule has 0 saturated carbocycles. The number of fused-ring (bicyclic) bond motifs is 4. The highest BCUT2D eigenvalue weighted by Gasteiger charge is 2.27. The minimum Gasteiger partial charge on any atom is -0.323 e. The molecule has 0 saturated heterocycles. The van der Waals surface area contributed by atoms with E-state index < -0.39 is 0 Å². The summed E-state index contributed by atoms with van der Waals surface area (Å²) in [5.41, 5.74) is 4.46. The number of carbonyl (C=O) groups is 1. The molecule has 4 aromatic rings. The number of benzene rings is 2. The van der Waals surface area contributed by atoms with Crippen molar-refractivity contribution in [3.63, 3.8) is 0 Å². The second-order valence-corrected chi connectivity index (χ2v) is 9.53. The average Bonchev–Trinajstić information content (AvgIpc) is 3.48. The lowest BCUT2D eigenvalue weighted by Crippen LogP contribution is -2.24. The monoisotopic (exact) mass is 483 g/mol. The van der Waals surface area contributed by atoms with Gasteiger partial charge in [0.1, 0.15) is 17.4 Å². The van der Waals surface area contributed by atoms with E-state index in [2.05, 4.69) is 22.0 Å². The number of aliphatic imine (C=N–C) groups is 1. The van der Waals surface area contributed by atoms with E-state index in [1.807, 2.05) is 66.1 Å². The third kappa shape index (κ3) is 3.43. The summed E-state index contributed by atoms with van der Waals surface area (Å²) in [5, 5.41) is 10.2. The Labute approximate surface area is 205 Å². The minimum atomic E-state index is 0.0322. The molecular formula is C26H18ClN5OS. The molecule has 0 bridgehead atoms. The van der Waals surface area contributed by atoms with Gasteiger partial charge in [-0.05, 0) is 30.7 Å². The molecule has 34 heavy (non-hydrogen) atoms. The summed E-state index contributed by atoms with van der Waals surface area (Å²) < 4.78 is 2.04. The lowest BCUT2D eigenvalue weighted by molar-refractivity contribution is 0.0799. The Hall–Kier alpha value is -3.73. The number of nitrogens with zero attached hydrogens (tertiary/aromatic N) is 5. The summed E-state index contributed by atoms with van der Waals surface area (Å²) >= 11 is 8.10. The third-order valence-corrected chi connectivity index (χ3v) is 7.31. The van der Waals surface area contributed by atoms with Gasteiger partial charge in [0.25, 0.3) is 5.91 Å². The number of carbonyl (C=O) groups excluding carboxylic acids is 1. The van der Waals surface area contributed by atoms with Crippen molar-refractivity contribution in [1.82, 2.24) is 19.7 Å². The predicted molar refractivity (Wildman–Crippen MR) is 133 cm³/mol. The molecule has 6 rings (SSSR count). The van der Waals surface area contributed by atoms with Crippen LogP contribution in [0, 0.1) is 18.8 Å². The van der Waals surface area contributed by atoms with E-state index in [1.165, 1.54) is 0 Å². The van der Waals surface area contributed by atoms with Gasteiger partial charge in [0, 0.05) is 28.3 Å². The molecular weight excluding hydrogens is 466 g/mol. The molecule has 2 aliphatic heterocycles. The highest BCUT2D eigenvalue weighted by molar-refractivity contribution is 7.15. The Morgan fingerprint density at radius 1 is 1.06 bits per heavy atom. The first-order valence-corrected chi connectivity index (χ1v) is 12.0. The zero-order chi connectivity index (χ0) is 23.2. The van der Waals surface area contributed by atoms with Crippen LogP contribution in [0.2, 0.25) is 5.02 Å². The van der Waals surface area contributed by atoms with Crippen molar-refractivity contribution in [2.75, 3.05) is 6.54 Å². The molecule has 4 heterocycles. The van der Waals surface area contributed by atoms with E-state index in [0.717, 1.165) is 49.5 Å². The second kappa shape index (κ2) is 8.24. The molecule has 2 aromatic heterocycles. The fourth-order valence-corrected chi connectivity index (χ4v) is 5.66. The summed E-state index contributed by atoms with van der Waals surface area (Å²) in [6.45, 7) is 3.32. The van der Waals surface area contributed by atoms with Crippen LogP contribution in [0.25, 0.3) is 5.00 Å². The van der Waals surface area contributed by atoms with Crippen LogP contribution in [0.4, 0.5) is 0 Å². The van der Waals surface area contributed by atoms with Crippen LogP contribution in [0.3, 0.4) is 0 Å². The van der Waals surface area contributed by atoms with Crippen molar-refractivity contribution in [3.8, 4) is 16.8 Å². The predicted octanol–water partition coefficient (Wildman–Crippen LogP) is 4.65. The molecule has 0 spiro atoms. The summed E-state index contributed by atoms with van der Waals surface area (Å²) in [6, 6.07) is 17.5. The van der Waals surface area contributed by atoms with Crippen molar-refractivity contribution in [2.24, 2.45) is 4.99 Å². The molecule has 0 radical (unpaired) electrons. The highest BCUT2D eigenvalue weighted by Crippen LogP contribution is 2.34. The van der Waals surface area contributed by atoms with Crippen molar-refractivity contribution in [1.29, 1.82) is 0 Å². The first-order chi connectivity index (χ1) is 16.6. The molecule has 0 aliphatic carbocycles. The Balaban J connectivity index is 1.36. The van der Waals surface area contributed by atoms with Gasteiger partial charge in [-0.2, -0.15) is 0 Å². The Kier molecular flexibility index (Phi) is 5.05. The van der Waals surface area contributed by atoms with Gasteiger partial charge in [-0.1, -0.05) is 59.8 Å². The van der Waals surface area contributed by atoms with Crippen molar-refractivity contribution in [3.05, 3.63) is 98.4 Å². The first-order valence-electron chi connectivity index (χ1n) is 10.8. The van der Waals surface area contributed by atoms with Gasteiger partial charge < -0.3 is 4.90 Å². The maximum Gasteiger partial charge on any atom is 0.255 e. The van der Waals surface area contributed by atoms with E-state index >= 15 is 0 Å². The van der Waals surface area contributed by atoms with Crippen LogP contribution >= 0.6 is 22.9 Å². The van der Waals surface area contributed by atoms with Crippen molar-refractivity contribution < 1.29 is 4.79 Å². The van der Waals surface area contributed by atoms with Crippen LogP contribution in [0.1, 0.15) is 43.6 Å². The van der Waals surface area contributed by atoms with Crippen LogP contribution in [0.5, 0.6) is 0 Å². The SMILES string of the molecule is Cc1nnc2n1-c1sc(C#CCN3Cc4ccccc4C3=O)cc1C(c1ccccc1Cl)=NC2. The lowest BCUT2D eigenvalue weighted by Gasteiger charge is -2.10. The zero-order valence-electron chi connectivity index (χ0n) is 18.2. The molecule has 0 unspecified atom stereocenters. The molecule has 166 valence electrons. The smallest absolute Gasteiger partial charge is 0.255 e. The van der Waals surface area contributed by atoms with E-state index in [4.69, 9.17) is 16.6 Å². The number of hydrogen-bond acceptors (Lipinski definition) is 5. The largest absolute Gasteiger partial charge is 0.323 e. The van der Waals surface area contributed by atoms with Gasteiger partial charge in [0.2, 0.25) is 0 Å². The van der Waals surface area contributed by atoms with E-state index in [9.17, 15) is 4.79 Å². The van der Waals surface area contributed by atoms with E-state index in [0.29, 0.717) is 24.7 Å². The van der Waals surface area contributed by atoms with Crippen LogP contribution in [-0.4, -0.2) is 37.8 Å². The summed E-state index contributed by atoms with van der Waals surface area (Å²) in [6.07, 6.45) is 0. The minimum absolute atomic E-state index is 0.0322. The number of aromatic nitrogens is 3. The first kappa shape index (κ1) is 20.8.